The standard InChI is InChI=1S/C16H24N2O3/c1-3-16(17,4-2)11-18-15(19)12-6-7-13-14(10-12)21-9-5-8-20-13/h6-7,10H,3-5,8-9,11,17H2,1-2H3,(H,18,19). The average molecular weight is 292 g/mol. The predicted molar refractivity (Wildman–Crippen MR) is 81.9 cm³/mol. The molecule has 0 bridgehead atoms. The molecule has 0 unspecified atom stereocenters. The molecule has 1 aromatic rings. The van der Waals surface area contributed by atoms with Crippen molar-refractivity contribution in [2.75, 3.05) is 19.8 Å². The van der Waals surface area contributed by atoms with Crippen LogP contribution in [0.3, 0.4) is 0 Å². The minimum atomic E-state index is -0.346. The fourth-order valence-corrected chi connectivity index (χ4v) is 2.16. The van der Waals surface area contributed by atoms with Gasteiger partial charge in [-0.3, -0.25) is 4.79 Å². The maximum Gasteiger partial charge on any atom is 0.251 e. The van der Waals surface area contributed by atoms with Crippen molar-refractivity contribution in [3.05, 3.63) is 23.8 Å². The number of hydrogen-bond donors (Lipinski definition) is 2. The van der Waals surface area contributed by atoms with Crippen LogP contribution in [0.4, 0.5) is 0 Å². The first-order chi connectivity index (χ1) is 10.1. The van der Waals surface area contributed by atoms with E-state index in [0.29, 0.717) is 36.8 Å². The van der Waals surface area contributed by atoms with Crippen molar-refractivity contribution in [3.63, 3.8) is 0 Å². The Morgan fingerprint density at radius 3 is 2.57 bits per heavy atom. The number of benzene rings is 1. The second-order valence-electron chi connectivity index (χ2n) is 5.46. The lowest BCUT2D eigenvalue weighted by atomic mass is 9.94. The van der Waals surface area contributed by atoms with Crippen LogP contribution in [0.5, 0.6) is 11.5 Å². The Balaban J connectivity index is 2.04. The first-order valence-corrected chi connectivity index (χ1v) is 7.54. The largest absolute Gasteiger partial charge is 0.490 e. The minimum Gasteiger partial charge on any atom is -0.490 e. The molecule has 1 heterocycles. The van der Waals surface area contributed by atoms with Crippen LogP contribution >= 0.6 is 0 Å². The van der Waals surface area contributed by atoms with E-state index in [-0.39, 0.29) is 11.4 Å². The lowest BCUT2D eigenvalue weighted by molar-refractivity contribution is 0.0941. The maximum atomic E-state index is 12.2. The average Bonchev–Trinajstić information content (AvgIpc) is 2.76. The lowest BCUT2D eigenvalue weighted by Crippen LogP contribution is -2.49. The van der Waals surface area contributed by atoms with E-state index in [0.717, 1.165) is 19.3 Å². The third kappa shape index (κ3) is 3.88. The second kappa shape index (κ2) is 6.80. The van der Waals surface area contributed by atoms with Crippen LogP contribution in [-0.4, -0.2) is 31.2 Å². The highest BCUT2D eigenvalue weighted by Gasteiger charge is 2.21. The van der Waals surface area contributed by atoms with E-state index in [1.807, 2.05) is 13.8 Å². The Labute approximate surface area is 125 Å². The molecule has 0 aromatic heterocycles. The molecule has 1 amide bonds. The smallest absolute Gasteiger partial charge is 0.251 e. The first kappa shape index (κ1) is 15.6. The summed E-state index contributed by atoms with van der Waals surface area (Å²) in [6.45, 7) is 5.77. The van der Waals surface area contributed by atoms with Crippen LogP contribution in [0, 0.1) is 0 Å². The summed E-state index contributed by atoms with van der Waals surface area (Å²) >= 11 is 0. The SMILES string of the molecule is CCC(N)(CC)CNC(=O)c1ccc2c(c1)OCCCO2. The summed E-state index contributed by atoms with van der Waals surface area (Å²) in [5, 5.41) is 2.90. The van der Waals surface area contributed by atoms with Crippen molar-refractivity contribution in [2.45, 2.75) is 38.6 Å². The Morgan fingerprint density at radius 2 is 1.90 bits per heavy atom. The van der Waals surface area contributed by atoms with Gasteiger partial charge in [-0.2, -0.15) is 0 Å². The van der Waals surface area contributed by atoms with Gasteiger partial charge in [-0.05, 0) is 31.0 Å². The van der Waals surface area contributed by atoms with Crippen molar-refractivity contribution in [1.29, 1.82) is 0 Å². The summed E-state index contributed by atoms with van der Waals surface area (Å²) in [4.78, 5) is 12.2. The Hall–Kier alpha value is -1.75. The summed E-state index contributed by atoms with van der Waals surface area (Å²) in [6.07, 6.45) is 2.49. The molecular weight excluding hydrogens is 268 g/mol. The molecule has 0 spiro atoms. The molecule has 2 rings (SSSR count). The number of nitrogens with two attached hydrogens (primary N) is 1. The van der Waals surface area contributed by atoms with Gasteiger partial charge >= 0.3 is 0 Å². The van der Waals surface area contributed by atoms with Crippen LogP contribution in [0.15, 0.2) is 18.2 Å². The van der Waals surface area contributed by atoms with Crippen LogP contribution in [0.25, 0.3) is 0 Å². The monoisotopic (exact) mass is 292 g/mol. The van der Waals surface area contributed by atoms with Crippen molar-refractivity contribution in [1.82, 2.24) is 5.32 Å². The third-order valence-electron chi connectivity index (χ3n) is 4.02. The number of rotatable bonds is 5. The quantitative estimate of drug-likeness (QED) is 0.871. The zero-order valence-corrected chi connectivity index (χ0v) is 12.8. The van der Waals surface area contributed by atoms with E-state index in [1.54, 1.807) is 18.2 Å². The van der Waals surface area contributed by atoms with Crippen LogP contribution < -0.4 is 20.5 Å². The molecule has 21 heavy (non-hydrogen) atoms. The van der Waals surface area contributed by atoms with Crippen LogP contribution in [0.2, 0.25) is 0 Å². The van der Waals surface area contributed by atoms with Crippen LogP contribution in [0.1, 0.15) is 43.5 Å². The molecule has 1 aliphatic heterocycles. The van der Waals surface area contributed by atoms with Crippen molar-refractivity contribution >= 4 is 5.91 Å². The number of fused-ring (bicyclic) bond motifs is 1. The van der Waals surface area contributed by atoms with Crippen molar-refractivity contribution in [3.8, 4) is 11.5 Å². The summed E-state index contributed by atoms with van der Waals surface area (Å²) in [5.74, 6) is 1.19. The van der Waals surface area contributed by atoms with E-state index in [1.165, 1.54) is 0 Å². The summed E-state index contributed by atoms with van der Waals surface area (Å²) in [6, 6.07) is 5.26. The molecule has 0 radical (unpaired) electrons. The molecule has 0 saturated heterocycles. The molecule has 1 aliphatic rings. The Kier molecular flexibility index (Phi) is 5.07. The molecular formula is C16H24N2O3. The van der Waals surface area contributed by atoms with Gasteiger partial charge in [0.2, 0.25) is 0 Å². The summed E-state index contributed by atoms with van der Waals surface area (Å²) in [5.41, 5.74) is 6.41. The van der Waals surface area contributed by atoms with Gasteiger partial charge in [0.15, 0.2) is 11.5 Å². The van der Waals surface area contributed by atoms with Gasteiger partial charge in [0.05, 0.1) is 13.2 Å². The van der Waals surface area contributed by atoms with E-state index < -0.39 is 0 Å². The molecule has 5 heteroatoms. The lowest BCUT2D eigenvalue weighted by Gasteiger charge is -2.26. The first-order valence-electron chi connectivity index (χ1n) is 7.54. The molecule has 0 saturated carbocycles. The van der Waals surface area contributed by atoms with E-state index >= 15 is 0 Å². The number of ether oxygens (including phenoxy) is 2. The summed E-state index contributed by atoms with van der Waals surface area (Å²) in [7, 11) is 0. The zero-order chi connectivity index (χ0) is 15.3. The number of carbonyl (C=O) groups is 1. The molecule has 0 aliphatic carbocycles. The number of nitrogens with one attached hydrogen (secondary N) is 1. The molecule has 5 nitrogen and oxygen atoms in total. The molecule has 116 valence electrons. The number of carbonyl (C=O) groups excluding carboxylic acids is 1. The van der Waals surface area contributed by atoms with Crippen LogP contribution in [-0.2, 0) is 0 Å². The molecule has 3 N–H and O–H groups in total. The van der Waals surface area contributed by atoms with Crippen molar-refractivity contribution in [2.24, 2.45) is 5.73 Å². The van der Waals surface area contributed by atoms with E-state index in [4.69, 9.17) is 15.2 Å². The maximum absolute atomic E-state index is 12.2. The Morgan fingerprint density at radius 1 is 1.24 bits per heavy atom. The highest BCUT2D eigenvalue weighted by Crippen LogP contribution is 2.30. The number of hydrogen-bond acceptors (Lipinski definition) is 4. The molecule has 0 atom stereocenters. The predicted octanol–water partition coefficient (Wildman–Crippen LogP) is 2.10. The van der Waals surface area contributed by atoms with E-state index in [2.05, 4.69) is 5.32 Å². The fourth-order valence-electron chi connectivity index (χ4n) is 2.16. The minimum absolute atomic E-state index is 0.137. The van der Waals surface area contributed by atoms with Gasteiger partial charge in [0.25, 0.3) is 5.91 Å². The topological polar surface area (TPSA) is 73.6 Å². The van der Waals surface area contributed by atoms with E-state index in [9.17, 15) is 4.79 Å². The van der Waals surface area contributed by atoms with Gasteiger partial charge < -0.3 is 20.5 Å². The van der Waals surface area contributed by atoms with Gasteiger partial charge in [0, 0.05) is 24.1 Å². The highest BCUT2D eigenvalue weighted by molar-refractivity contribution is 5.94. The van der Waals surface area contributed by atoms with Gasteiger partial charge in [-0.25, -0.2) is 0 Å². The summed E-state index contributed by atoms with van der Waals surface area (Å²) < 4.78 is 11.2. The van der Waals surface area contributed by atoms with Crippen molar-refractivity contribution < 1.29 is 14.3 Å². The normalized spacial score (nSPS) is 14.4. The van der Waals surface area contributed by atoms with Gasteiger partial charge in [-0.15, -0.1) is 0 Å². The van der Waals surface area contributed by atoms with Gasteiger partial charge in [-0.1, -0.05) is 13.8 Å². The number of amides is 1. The fraction of sp³-hybridized carbons (Fsp3) is 0.562. The molecule has 1 aromatic carbocycles. The molecule has 0 fully saturated rings. The third-order valence-corrected chi connectivity index (χ3v) is 4.02. The second-order valence-corrected chi connectivity index (χ2v) is 5.46. The zero-order valence-electron chi connectivity index (χ0n) is 12.8. The Bertz CT molecular complexity index is 498. The van der Waals surface area contributed by atoms with Gasteiger partial charge in [0.1, 0.15) is 0 Å². The highest BCUT2D eigenvalue weighted by atomic mass is 16.5.